The molecule has 1 heterocycles. The van der Waals surface area contributed by atoms with Gasteiger partial charge in [-0.2, -0.15) is 0 Å². The van der Waals surface area contributed by atoms with E-state index in [1.165, 1.54) is 11.1 Å². The van der Waals surface area contributed by atoms with Crippen LogP contribution in [0.15, 0.2) is 41.1 Å². The number of aromatic nitrogens is 1. The summed E-state index contributed by atoms with van der Waals surface area (Å²) in [7, 11) is 0. The fourth-order valence-corrected chi connectivity index (χ4v) is 2.90. The summed E-state index contributed by atoms with van der Waals surface area (Å²) in [6.45, 7) is 0.526. The van der Waals surface area contributed by atoms with Crippen LogP contribution in [-0.4, -0.2) is 4.98 Å². The Morgan fingerprint density at radius 2 is 2.26 bits per heavy atom. The molecule has 0 radical (unpaired) electrons. The number of benzene rings is 1. The minimum atomic E-state index is 0.158. The second-order valence-corrected chi connectivity index (χ2v) is 5.68. The van der Waals surface area contributed by atoms with Crippen LogP contribution in [0.1, 0.15) is 29.2 Å². The maximum atomic E-state index is 6.07. The van der Waals surface area contributed by atoms with Crippen molar-refractivity contribution >= 4 is 15.9 Å². The summed E-state index contributed by atoms with van der Waals surface area (Å²) in [4.78, 5) is 4.13. The number of rotatable bonds is 3. The van der Waals surface area contributed by atoms with Crippen molar-refractivity contribution in [2.75, 3.05) is 0 Å². The van der Waals surface area contributed by atoms with Crippen LogP contribution in [0.25, 0.3) is 0 Å². The largest absolute Gasteiger partial charge is 0.489 e. The van der Waals surface area contributed by atoms with Gasteiger partial charge in [0, 0.05) is 28.5 Å². The van der Waals surface area contributed by atoms with Crippen LogP contribution >= 0.6 is 15.9 Å². The Morgan fingerprint density at radius 3 is 3.11 bits per heavy atom. The molecule has 2 N–H and O–H groups in total. The van der Waals surface area contributed by atoms with Gasteiger partial charge >= 0.3 is 0 Å². The highest BCUT2D eigenvalue weighted by Gasteiger charge is 2.21. The summed E-state index contributed by atoms with van der Waals surface area (Å²) in [6.07, 6.45) is 5.60. The highest BCUT2D eigenvalue weighted by atomic mass is 79.9. The van der Waals surface area contributed by atoms with E-state index in [0.29, 0.717) is 6.61 Å². The molecular weight excluding hydrogens is 304 g/mol. The summed E-state index contributed by atoms with van der Waals surface area (Å²) in [5.74, 6) is 0.949. The molecule has 19 heavy (non-hydrogen) atoms. The number of nitrogens with zero attached hydrogens (tertiary/aromatic N) is 1. The molecule has 1 aromatic heterocycles. The Hall–Kier alpha value is -1.39. The Labute approximate surface area is 120 Å². The molecule has 1 aliphatic rings. The predicted octanol–water partition coefficient (Wildman–Crippen LogP) is 3.37. The molecule has 0 aliphatic heterocycles. The van der Waals surface area contributed by atoms with E-state index in [9.17, 15) is 0 Å². The molecule has 1 aliphatic carbocycles. The lowest BCUT2D eigenvalue weighted by molar-refractivity contribution is 0.303. The van der Waals surface area contributed by atoms with Crippen molar-refractivity contribution in [3.05, 3.63) is 57.8 Å². The SMILES string of the molecule is NC1CCc2c(OCc3cncc(Br)c3)cccc21. The van der Waals surface area contributed by atoms with Gasteiger partial charge in [0.05, 0.1) is 0 Å². The van der Waals surface area contributed by atoms with Crippen molar-refractivity contribution in [2.45, 2.75) is 25.5 Å². The molecule has 1 unspecified atom stereocenters. The van der Waals surface area contributed by atoms with Gasteiger partial charge in [-0.25, -0.2) is 0 Å². The van der Waals surface area contributed by atoms with Crippen LogP contribution in [0.4, 0.5) is 0 Å². The average molecular weight is 319 g/mol. The van der Waals surface area contributed by atoms with Crippen molar-refractivity contribution in [1.29, 1.82) is 0 Å². The minimum absolute atomic E-state index is 0.158. The van der Waals surface area contributed by atoms with Crippen molar-refractivity contribution in [3.8, 4) is 5.75 Å². The minimum Gasteiger partial charge on any atom is -0.489 e. The zero-order valence-electron chi connectivity index (χ0n) is 10.5. The molecule has 0 amide bonds. The smallest absolute Gasteiger partial charge is 0.123 e. The van der Waals surface area contributed by atoms with Crippen LogP contribution in [0.5, 0.6) is 5.75 Å². The molecule has 0 fully saturated rings. The summed E-state index contributed by atoms with van der Waals surface area (Å²) in [5, 5.41) is 0. The van der Waals surface area contributed by atoms with Crippen LogP contribution < -0.4 is 10.5 Å². The second kappa shape index (κ2) is 5.31. The molecule has 4 heteroatoms. The van der Waals surface area contributed by atoms with Crippen LogP contribution in [0.2, 0.25) is 0 Å². The maximum Gasteiger partial charge on any atom is 0.123 e. The first-order valence-corrected chi connectivity index (χ1v) is 7.13. The maximum absolute atomic E-state index is 6.07. The van der Waals surface area contributed by atoms with E-state index in [0.717, 1.165) is 28.6 Å². The summed E-state index contributed by atoms with van der Waals surface area (Å²) >= 11 is 3.41. The Bertz CT molecular complexity index is 600. The van der Waals surface area contributed by atoms with E-state index >= 15 is 0 Å². The number of hydrogen-bond donors (Lipinski definition) is 1. The third kappa shape index (κ3) is 2.65. The van der Waals surface area contributed by atoms with Gasteiger partial charge in [0.15, 0.2) is 0 Å². The van der Waals surface area contributed by atoms with E-state index in [-0.39, 0.29) is 6.04 Å². The molecule has 1 aromatic carbocycles. The van der Waals surface area contributed by atoms with Gasteiger partial charge < -0.3 is 10.5 Å². The van der Waals surface area contributed by atoms with E-state index in [1.807, 2.05) is 24.4 Å². The fraction of sp³-hybridized carbons (Fsp3) is 0.267. The number of nitrogens with two attached hydrogens (primary N) is 1. The Morgan fingerprint density at radius 1 is 1.37 bits per heavy atom. The summed E-state index contributed by atoms with van der Waals surface area (Å²) in [5.41, 5.74) is 9.61. The number of pyridine rings is 1. The van der Waals surface area contributed by atoms with E-state index < -0.39 is 0 Å². The van der Waals surface area contributed by atoms with E-state index in [1.54, 1.807) is 6.20 Å². The molecule has 1 atom stereocenters. The highest BCUT2D eigenvalue weighted by molar-refractivity contribution is 9.10. The Balaban J connectivity index is 1.78. The third-order valence-electron chi connectivity index (χ3n) is 3.43. The van der Waals surface area contributed by atoms with Gasteiger partial charge in [-0.05, 0) is 52.0 Å². The second-order valence-electron chi connectivity index (χ2n) is 4.77. The van der Waals surface area contributed by atoms with Crippen LogP contribution in [0.3, 0.4) is 0 Å². The monoisotopic (exact) mass is 318 g/mol. The lowest BCUT2D eigenvalue weighted by Gasteiger charge is -2.11. The standard InChI is InChI=1S/C15H15BrN2O/c16-11-6-10(7-18-8-11)9-19-15-3-1-2-12-13(15)4-5-14(12)17/h1-3,6-8,14H,4-5,9,17H2. The third-order valence-corrected chi connectivity index (χ3v) is 3.86. The highest BCUT2D eigenvalue weighted by Crippen LogP contribution is 2.35. The zero-order chi connectivity index (χ0) is 13.2. The Kier molecular flexibility index (Phi) is 3.53. The number of fused-ring (bicyclic) bond motifs is 1. The topological polar surface area (TPSA) is 48.1 Å². The lowest BCUT2D eigenvalue weighted by Crippen LogP contribution is -2.05. The molecule has 2 aromatic rings. The van der Waals surface area contributed by atoms with Crippen LogP contribution in [0, 0.1) is 0 Å². The zero-order valence-corrected chi connectivity index (χ0v) is 12.1. The average Bonchev–Trinajstić information content (AvgIpc) is 2.79. The van der Waals surface area contributed by atoms with E-state index in [2.05, 4.69) is 27.0 Å². The van der Waals surface area contributed by atoms with Crippen molar-refractivity contribution in [1.82, 2.24) is 4.98 Å². The molecule has 0 saturated heterocycles. The normalized spacial score (nSPS) is 17.3. The van der Waals surface area contributed by atoms with Gasteiger partial charge in [-0.1, -0.05) is 12.1 Å². The van der Waals surface area contributed by atoms with E-state index in [4.69, 9.17) is 10.5 Å². The molecule has 0 saturated carbocycles. The number of ether oxygens (including phenoxy) is 1. The van der Waals surface area contributed by atoms with Crippen molar-refractivity contribution < 1.29 is 4.74 Å². The van der Waals surface area contributed by atoms with Gasteiger partial charge in [0.1, 0.15) is 12.4 Å². The van der Waals surface area contributed by atoms with Gasteiger partial charge in [-0.15, -0.1) is 0 Å². The van der Waals surface area contributed by atoms with Crippen molar-refractivity contribution in [2.24, 2.45) is 5.73 Å². The van der Waals surface area contributed by atoms with Gasteiger partial charge in [-0.3, -0.25) is 4.98 Å². The van der Waals surface area contributed by atoms with Crippen molar-refractivity contribution in [3.63, 3.8) is 0 Å². The molecule has 0 spiro atoms. The number of halogens is 1. The first-order valence-electron chi connectivity index (χ1n) is 6.33. The lowest BCUT2D eigenvalue weighted by atomic mass is 10.1. The summed E-state index contributed by atoms with van der Waals surface area (Å²) in [6, 6.07) is 8.30. The first-order chi connectivity index (χ1) is 9.24. The van der Waals surface area contributed by atoms with Crippen LogP contribution in [-0.2, 0) is 13.0 Å². The summed E-state index contributed by atoms with van der Waals surface area (Å²) < 4.78 is 6.89. The first kappa shape index (κ1) is 12.6. The predicted molar refractivity (Wildman–Crippen MR) is 78.0 cm³/mol. The molecule has 98 valence electrons. The quantitative estimate of drug-likeness (QED) is 0.943. The van der Waals surface area contributed by atoms with Gasteiger partial charge in [0.2, 0.25) is 0 Å². The molecule has 3 rings (SSSR count). The molecule has 3 nitrogen and oxygen atoms in total. The molecular formula is C15H15BrN2O. The van der Waals surface area contributed by atoms with Gasteiger partial charge in [0.25, 0.3) is 0 Å². The number of hydrogen-bond acceptors (Lipinski definition) is 3. The molecule has 0 bridgehead atoms. The fourth-order valence-electron chi connectivity index (χ4n) is 2.48.